The second kappa shape index (κ2) is 3.14. The summed E-state index contributed by atoms with van der Waals surface area (Å²) in [5.74, 6) is 1.03. The molecule has 0 radical (unpaired) electrons. The number of rotatable bonds is 3. The molecule has 0 saturated heterocycles. The Bertz CT molecular complexity index is 119. The fourth-order valence-corrected chi connectivity index (χ4v) is 1.62. The first-order valence-corrected chi connectivity index (χ1v) is 4.66. The van der Waals surface area contributed by atoms with Gasteiger partial charge in [-0.05, 0) is 31.2 Å². The highest BCUT2D eigenvalue weighted by Gasteiger charge is 2.24. The standard InChI is InChI=1S/C10H21N/c1-10(2,3)8-11(4)7-9-5-6-9/h9H,5-8H2,1-4H3. The highest BCUT2D eigenvalue weighted by atomic mass is 15.1. The first-order valence-electron chi connectivity index (χ1n) is 4.66. The summed E-state index contributed by atoms with van der Waals surface area (Å²) in [7, 11) is 2.24. The van der Waals surface area contributed by atoms with Crippen LogP contribution >= 0.6 is 0 Å². The fourth-order valence-electron chi connectivity index (χ4n) is 1.62. The summed E-state index contributed by atoms with van der Waals surface area (Å²) in [6, 6.07) is 0. The van der Waals surface area contributed by atoms with Crippen LogP contribution < -0.4 is 0 Å². The molecule has 1 heteroatoms. The van der Waals surface area contributed by atoms with Crippen molar-refractivity contribution in [2.45, 2.75) is 33.6 Å². The molecule has 0 atom stereocenters. The summed E-state index contributed by atoms with van der Waals surface area (Å²) in [5, 5.41) is 0. The lowest BCUT2D eigenvalue weighted by Gasteiger charge is -2.26. The Balaban J connectivity index is 2.13. The van der Waals surface area contributed by atoms with Gasteiger partial charge in [0.1, 0.15) is 0 Å². The third-order valence-corrected chi connectivity index (χ3v) is 2.01. The van der Waals surface area contributed by atoms with Crippen molar-refractivity contribution in [3.05, 3.63) is 0 Å². The van der Waals surface area contributed by atoms with Crippen LogP contribution in [0.4, 0.5) is 0 Å². The zero-order valence-corrected chi connectivity index (χ0v) is 8.35. The Kier molecular flexibility index (Phi) is 2.58. The molecule has 11 heavy (non-hydrogen) atoms. The normalized spacial score (nSPS) is 19.4. The molecule has 0 unspecified atom stereocenters. The smallest absolute Gasteiger partial charge is 0.00271 e. The van der Waals surface area contributed by atoms with E-state index < -0.39 is 0 Å². The monoisotopic (exact) mass is 155 g/mol. The van der Waals surface area contributed by atoms with E-state index in [0.717, 1.165) is 5.92 Å². The molecular formula is C10H21N. The van der Waals surface area contributed by atoms with Gasteiger partial charge in [0, 0.05) is 13.1 Å². The largest absolute Gasteiger partial charge is 0.306 e. The molecular weight excluding hydrogens is 134 g/mol. The van der Waals surface area contributed by atoms with E-state index in [4.69, 9.17) is 0 Å². The quantitative estimate of drug-likeness (QED) is 0.605. The van der Waals surface area contributed by atoms with Crippen molar-refractivity contribution >= 4 is 0 Å². The number of nitrogens with zero attached hydrogens (tertiary/aromatic N) is 1. The number of hydrogen-bond acceptors (Lipinski definition) is 1. The van der Waals surface area contributed by atoms with E-state index in [1.165, 1.54) is 25.9 Å². The van der Waals surface area contributed by atoms with E-state index in [1.54, 1.807) is 0 Å². The van der Waals surface area contributed by atoms with Gasteiger partial charge in [0.2, 0.25) is 0 Å². The van der Waals surface area contributed by atoms with Crippen LogP contribution in [0.3, 0.4) is 0 Å². The Morgan fingerprint density at radius 2 is 1.82 bits per heavy atom. The molecule has 0 aromatic carbocycles. The second-order valence-electron chi connectivity index (χ2n) is 5.20. The molecule has 0 amide bonds. The molecule has 0 aromatic rings. The van der Waals surface area contributed by atoms with Gasteiger partial charge < -0.3 is 4.90 Å². The molecule has 1 aliphatic rings. The van der Waals surface area contributed by atoms with Crippen molar-refractivity contribution < 1.29 is 0 Å². The zero-order chi connectivity index (χ0) is 8.48. The molecule has 0 aromatic heterocycles. The Hall–Kier alpha value is -0.0400. The van der Waals surface area contributed by atoms with Crippen LogP contribution in [0, 0.1) is 11.3 Å². The maximum Gasteiger partial charge on any atom is 0.00271 e. The highest BCUT2D eigenvalue weighted by Crippen LogP contribution is 2.30. The Morgan fingerprint density at radius 3 is 2.18 bits per heavy atom. The third-order valence-electron chi connectivity index (χ3n) is 2.01. The van der Waals surface area contributed by atoms with Gasteiger partial charge in [-0.3, -0.25) is 0 Å². The summed E-state index contributed by atoms with van der Waals surface area (Å²) in [5.41, 5.74) is 0.462. The molecule has 1 saturated carbocycles. The van der Waals surface area contributed by atoms with Crippen molar-refractivity contribution in [3.8, 4) is 0 Å². The molecule has 0 N–H and O–H groups in total. The lowest BCUT2D eigenvalue weighted by molar-refractivity contribution is 0.220. The fraction of sp³-hybridized carbons (Fsp3) is 1.00. The van der Waals surface area contributed by atoms with E-state index in [-0.39, 0.29) is 0 Å². The molecule has 66 valence electrons. The van der Waals surface area contributed by atoms with Crippen molar-refractivity contribution in [3.63, 3.8) is 0 Å². The van der Waals surface area contributed by atoms with Gasteiger partial charge in [-0.1, -0.05) is 20.8 Å². The van der Waals surface area contributed by atoms with E-state index >= 15 is 0 Å². The predicted octanol–water partition coefficient (Wildman–Crippen LogP) is 2.37. The predicted molar refractivity (Wildman–Crippen MR) is 49.7 cm³/mol. The highest BCUT2D eigenvalue weighted by molar-refractivity contribution is 4.77. The Morgan fingerprint density at radius 1 is 1.27 bits per heavy atom. The van der Waals surface area contributed by atoms with Gasteiger partial charge in [0.05, 0.1) is 0 Å². The molecule has 1 aliphatic carbocycles. The first-order chi connectivity index (χ1) is 4.97. The van der Waals surface area contributed by atoms with Crippen LogP contribution in [-0.2, 0) is 0 Å². The lowest BCUT2D eigenvalue weighted by Crippen LogP contribution is -2.30. The van der Waals surface area contributed by atoms with Gasteiger partial charge in [-0.2, -0.15) is 0 Å². The molecule has 1 nitrogen and oxygen atoms in total. The second-order valence-corrected chi connectivity index (χ2v) is 5.20. The summed E-state index contributed by atoms with van der Waals surface area (Å²) in [4.78, 5) is 2.47. The topological polar surface area (TPSA) is 3.24 Å². The van der Waals surface area contributed by atoms with Crippen LogP contribution in [0.25, 0.3) is 0 Å². The minimum absolute atomic E-state index is 0.462. The van der Waals surface area contributed by atoms with Gasteiger partial charge in [0.15, 0.2) is 0 Å². The SMILES string of the molecule is CN(CC1CC1)CC(C)(C)C. The van der Waals surface area contributed by atoms with Crippen molar-refractivity contribution in [1.29, 1.82) is 0 Å². The average molecular weight is 155 g/mol. The molecule has 0 aliphatic heterocycles. The van der Waals surface area contributed by atoms with E-state index in [0.29, 0.717) is 5.41 Å². The van der Waals surface area contributed by atoms with Crippen LogP contribution in [0.5, 0.6) is 0 Å². The maximum absolute atomic E-state index is 2.47. The van der Waals surface area contributed by atoms with Crippen LogP contribution in [0.1, 0.15) is 33.6 Å². The molecule has 0 bridgehead atoms. The van der Waals surface area contributed by atoms with Gasteiger partial charge in [-0.15, -0.1) is 0 Å². The first kappa shape index (κ1) is 9.05. The van der Waals surface area contributed by atoms with Crippen molar-refractivity contribution in [2.24, 2.45) is 11.3 Å². The van der Waals surface area contributed by atoms with Gasteiger partial charge in [-0.25, -0.2) is 0 Å². The maximum atomic E-state index is 2.47. The average Bonchev–Trinajstić information content (AvgIpc) is 2.42. The summed E-state index contributed by atoms with van der Waals surface area (Å²) < 4.78 is 0. The van der Waals surface area contributed by atoms with Gasteiger partial charge in [0.25, 0.3) is 0 Å². The van der Waals surface area contributed by atoms with Crippen molar-refractivity contribution in [1.82, 2.24) is 4.90 Å². The van der Waals surface area contributed by atoms with E-state index in [9.17, 15) is 0 Å². The third kappa shape index (κ3) is 4.41. The number of hydrogen-bond donors (Lipinski definition) is 0. The summed E-state index contributed by atoms with van der Waals surface area (Å²) in [6.45, 7) is 9.45. The molecule has 0 heterocycles. The Labute approximate surface area is 70.8 Å². The van der Waals surface area contributed by atoms with Crippen LogP contribution in [-0.4, -0.2) is 25.0 Å². The summed E-state index contributed by atoms with van der Waals surface area (Å²) in [6.07, 6.45) is 2.93. The summed E-state index contributed by atoms with van der Waals surface area (Å²) >= 11 is 0. The minimum atomic E-state index is 0.462. The van der Waals surface area contributed by atoms with Crippen molar-refractivity contribution in [2.75, 3.05) is 20.1 Å². The van der Waals surface area contributed by atoms with E-state index in [1.807, 2.05) is 0 Å². The molecule has 0 spiro atoms. The molecule has 1 fully saturated rings. The van der Waals surface area contributed by atoms with Crippen LogP contribution in [0.2, 0.25) is 0 Å². The van der Waals surface area contributed by atoms with E-state index in [2.05, 4.69) is 32.7 Å². The minimum Gasteiger partial charge on any atom is -0.306 e. The molecule has 1 rings (SSSR count). The zero-order valence-electron chi connectivity index (χ0n) is 8.35. The van der Waals surface area contributed by atoms with Crippen LogP contribution in [0.15, 0.2) is 0 Å². The van der Waals surface area contributed by atoms with Gasteiger partial charge >= 0.3 is 0 Å². The lowest BCUT2D eigenvalue weighted by atomic mass is 9.96.